The van der Waals surface area contributed by atoms with Crippen molar-refractivity contribution in [1.82, 2.24) is 4.72 Å². The summed E-state index contributed by atoms with van der Waals surface area (Å²) in [5.74, 6) is -0.991. The van der Waals surface area contributed by atoms with Crippen molar-refractivity contribution in [3.8, 4) is 0 Å². The van der Waals surface area contributed by atoms with Crippen LogP contribution in [-0.2, 0) is 14.8 Å². The number of benzene rings is 1. The van der Waals surface area contributed by atoms with Gasteiger partial charge in [-0.25, -0.2) is 17.5 Å². The van der Waals surface area contributed by atoms with Crippen LogP contribution < -0.4 is 10.5 Å². The lowest BCUT2D eigenvalue weighted by molar-refractivity contribution is 0.107. The molecule has 3 N–H and O–H groups in total. The molecular formula is C12H16ClFN2O3S. The van der Waals surface area contributed by atoms with E-state index in [1.165, 1.54) is 6.07 Å². The van der Waals surface area contributed by atoms with Crippen molar-refractivity contribution in [3.63, 3.8) is 0 Å². The number of halogens is 2. The van der Waals surface area contributed by atoms with Crippen molar-refractivity contribution in [2.75, 3.05) is 12.8 Å². The van der Waals surface area contributed by atoms with Gasteiger partial charge in [0, 0.05) is 18.8 Å². The Balaban J connectivity index is 2.23. The molecule has 5 nitrogen and oxygen atoms in total. The molecule has 2 atom stereocenters. The van der Waals surface area contributed by atoms with Gasteiger partial charge in [-0.15, -0.1) is 0 Å². The SMILES string of the molecule is COC1CCC(NS(=O)(=O)c2cc(N)cc(Cl)c2F)C1. The molecule has 1 saturated carbocycles. The molecule has 20 heavy (non-hydrogen) atoms. The summed E-state index contributed by atoms with van der Waals surface area (Å²) in [6.07, 6.45) is 2.00. The Kier molecular flexibility index (Phi) is 4.53. The van der Waals surface area contributed by atoms with Crippen molar-refractivity contribution in [1.29, 1.82) is 0 Å². The van der Waals surface area contributed by atoms with Crippen molar-refractivity contribution >= 4 is 27.3 Å². The average Bonchev–Trinajstić information content (AvgIpc) is 2.80. The zero-order valence-corrected chi connectivity index (χ0v) is 12.5. The number of hydrogen-bond donors (Lipinski definition) is 2. The Labute approximate surface area is 122 Å². The second-order valence-electron chi connectivity index (χ2n) is 4.80. The van der Waals surface area contributed by atoms with Crippen molar-refractivity contribution < 1.29 is 17.5 Å². The second-order valence-corrected chi connectivity index (χ2v) is 6.89. The van der Waals surface area contributed by atoms with Crippen molar-refractivity contribution in [3.05, 3.63) is 23.0 Å². The van der Waals surface area contributed by atoms with E-state index >= 15 is 0 Å². The maximum Gasteiger partial charge on any atom is 0.243 e. The Hall–Kier alpha value is -0.890. The van der Waals surface area contributed by atoms with Crippen LogP contribution in [0.4, 0.5) is 10.1 Å². The zero-order valence-electron chi connectivity index (χ0n) is 10.9. The van der Waals surface area contributed by atoms with Gasteiger partial charge in [0.25, 0.3) is 0 Å². The Morgan fingerprint density at radius 3 is 2.75 bits per heavy atom. The molecule has 1 fully saturated rings. The van der Waals surface area contributed by atoms with Gasteiger partial charge in [-0.2, -0.15) is 0 Å². The van der Waals surface area contributed by atoms with E-state index in [2.05, 4.69) is 4.72 Å². The molecule has 112 valence electrons. The Morgan fingerprint density at radius 2 is 2.15 bits per heavy atom. The first-order valence-electron chi connectivity index (χ1n) is 6.13. The van der Waals surface area contributed by atoms with E-state index in [1.54, 1.807) is 7.11 Å². The fourth-order valence-corrected chi connectivity index (χ4v) is 4.02. The molecule has 1 aliphatic rings. The van der Waals surface area contributed by atoms with Gasteiger partial charge < -0.3 is 10.5 Å². The van der Waals surface area contributed by atoms with Crippen LogP contribution in [0, 0.1) is 5.82 Å². The summed E-state index contributed by atoms with van der Waals surface area (Å²) in [4.78, 5) is -0.525. The molecule has 2 unspecified atom stereocenters. The molecule has 0 aliphatic heterocycles. The maximum atomic E-state index is 13.9. The first kappa shape index (κ1) is 15.5. The van der Waals surface area contributed by atoms with Gasteiger partial charge in [-0.3, -0.25) is 0 Å². The lowest BCUT2D eigenvalue weighted by Crippen LogP contribution is -2.34. The highest BCUT2D eigenvalue weighted by atomic mass is 35.5. The summed E-state index contributed by atoms with van der Waals surface area (Å²) in [6.45, 7) is 0. The standard InChI is InChI=1S/C12H16ClFN2O3S/c1-19-9-3-2-8(6-9)16-20(17,18)11-5-7(15)4-10(13)12(11)14/h4-5,8-9,16H,2-3,6,15H2,1H3. The molecule has 0 aromatic heterocycles. The number of anilines is 1. The third-order valence-corrected chi connectivity index (χ3v) is 5.14. The fourth-order valence-electron chi connectivity index (χ4n) is 2.32. The number of rotatable bonds is 4. The summed E-state index contributed by atoms with van der Waals surface area (Å²) in [5.41, 5.74) is 5.61. The van der Waals surface area contributed by atoms with Gasteiger partial charge in [-0.05, 0) is 31.4 Å². The Morgan fingerprint density at radius 1 is 1.45 bits per heavy atom. The average molecular weight is 323 g/mol. The summed E-state index contributed by atoms with van der Waals surface area (Å²) in [5, 5.41) is -0.313. The van der Waals surface area contributed by atoms with Gasteiger partial charge in [-0.1, -0.05) is 11.6 Å². The maximum absolute atomic E-state index is 13.9. The van der Waals surface area contributed by atoms with Crippen LogP contribution in [0.2, 0.25) is 5.02 Å². The van der Waals surface area contributed by atoms with E-state index in [9.17, 15) is 12.8 Å². The van der Waals surface area contributed by atoms with E-state index in [4.69, 9.17) is 22.1 Å². The number of nitrogens with one attached hydrogen (secondary N) is 1. The first-order chi connectivity index (χ1) is 9.33. The van der Waals surface area contributed by atoms with Gasteiger partial charge in [0.1, 0.15) is 4.90 Å². The molecular weight excluding hydrogens is 307 g/mol. The molecule has 2 rings (SSSR count). The highest BCUT2D eigenvalue weighted by molar-refractivity contribution is 7.89. The third-order valence-electron chi connectivity index (χ3n) is 3.35. The monoisotopic (exact) mass is 322 g/mol. The van der Waals surface area contributed by atoms with Gasteiger partial charge >= 0.3 is 0 Å². The lowest BCUT2D eigenvalue weighted by Gasteiger charge is -2.14. The smallest absolute Gasteiger partial charge is 0.243 e. The summed E-state index contributed by atoms with van der Waals surface area (Å²) in [6, 6.07) is 1.96. The molecule has 0 amide bonds. The van der Waals surface area contributed by atoms with Crippen molar-refractivity contribution in [2.24, 2.45) is 0 Å². The largest absolute Gasteiger partial charge is 0.399 e. The quantitative estimate of drug-likeness (QED) is 0.830. The highest BCUT2D eigenvalue weighted by Gasteiger charge is 2.30. The number of hydrogen-bond acceptors (Lipinski definition) is 4. The van der Waals surface area contributed by atoms with E-state index in [1.807, 2.05) is 0 Å². The Bertz CT molecular complexity index is 609. The van der Waals surface area contributed by atoms with Crippen LogP contribution in [0.15, 0.2) is 17.0 Å². The molecule has 0 heterocycles. The molecule has 0 saturated heterocycles. The summed E-state index contributed by atoms with van der Waals surface area (Å²) < 4.78 is 45.9. The van der Waals surface area contributed by atoms with Gasteiger partial charge in [0.2, 0.25) is 10.0 Å². The predicted octanol–water partition coefficient (Wildman–Crippen LogP) is 1.91. The van der Waals surface area contributed by atoms with Crippen LogP contribution in [-0.4, -0.2) is 27.7 Å². The molecule has 0 bridgehead atoms. The zero-order chi connectivity index (χ0) is 14.9. The third kappa shape index (κ3) is 3.22. The molecule has 8 heteroatoms. The second kappa shape index (κ2) is 5.85. The highest BCUT2D eigenvalue weighted by Crippen LogP contribution is 2.28. The number of methoxy groups -OCH3 is 1. The summed E-state index contributed by atoms with van der Waals surface area (Å²) >= 11 is 5.62. The van der Waals surface area contributed by atoms with Crippen LogP contribution in [0.5, 0.6) is 0 Å². The fraction of sp³-hybridized carbons (Fsp3) is 0.500. The van der Waals surface area contributed by atoms with Crippen molar-refractivity contribution in [2.45, 2.75) is 36.3 Å². The first-order valence-corrected chi connectivity index (χ1v) is 7.99. The minimum Gasteiger partial charge on any atom is -0.399 e. The van der Waals surface area contributed by atoms with Gasteiger partial charge in [0.15, 0.2) is 5.82 Å². The number of ether oxygens (including phenoxy) is 1. The van der Waals surface area contributed by atoms with E-state index < -0.39 is 20.7 Å². The van der Waals surface area contributed by atoms with E-state index in [0.29, 0.717) is 12.8 Å². The number of nitrogen functional groups attached to an aromatic ring is 1. The normalized spacial score (nSPS) is 23.1. The van der Waals surface area contributed by atoms with E-state index in [-0.39, 0.29) is 22.9 Å². The summed E-state index contributed by atoms with van der Waals surface area (Å²) in [7, 11) is -2.41. The lowest BCUT2D eigenvalue weighted by atomic mass is 10.3. The molecule has 1 aliphatic carbocycles. The van der Waals surface area contributed by atoms with Crippen LogP contribution >= 0.6 is 11.6 Å². The number of sulfonamides is 1. The predicted molar refractivity (Wildman–Crippen MR) is 74.6 cm³/mol. The molecule has 0 radical (unpaired) electrons. The van der Waals surface area contributed by atoms with Crippen LogP contribution in [0.1, 0.15) is 19.3 Å². The minimum atomic E-state index is -4.00. The van der Waals surface area contributed by atoms with E-state index in [0.717, 1.165) is 12.5 Å². The molecule has 0 spiro atoms. The molecule has 1 aromatic rings. The molecule has 1 aromatic carbocycles. The van der Waals surface area contributed by atoms with Crippen LogP contribution in [0.25, 0.3) is 0 Å². The topological polar surface area (TPSA) is 81.4 Å². The minimum absolute atomic E-state index is 0.0250. The van der Waals surface area contributed by atoms with Gasteiger partial charge in [0.05, 0.1) is 11.1 Å². The van der Waals surface area contributed by atoms with Crippen LogP contribution in [0.3, 0.4) is 0 Å². The number of nitrogens with two attached hydrogens (primary N) is 1.